The van der Waals surface area contributed by atoms with Crippen LogP contribution in [-0.4, -0.2) is 17.1 Å². The Morgan fingerprint density at radius 3 is 2.65 bits per heavy atom. The van der Waals surface area contributed by atoms with E-state index in [1.807, 2.05) is 36.4 Å². The third-order valence-corrected chi connectivity index (χ3v) is 3.27. The summed E-state index contributed by atoms with van der Waals surface area (Å²) in [6, 6.07) is 13.6. The molecule has 100 valence electrons. The number of nitrogens with two attached hydrogens (primary N) is 1. The highest BCUT2D eigenvalue weighted by Gasteiger charge is 2.13. The van der Waals surface area contributed by atoms with Crippen molar-refractivity contribution in [2.24, 2.45) is 0 Å². The van der Waals surface area contributed by atoms with Gasteiger partial charge in [0.2, 0.25) is 5.95 Å². The van der Waals surface area contributed by atoms with Gasteiger partial charge in [-0.25, -0.2) is 9.97 Å². The molecular formula is C15H12ClN3O. The Morgan fingerprint density at radius 2 is 1.90 bits per heavy atom. The zero-order valence-corrected chi connectivity index (χ0v) is 11.6. The van der Waals surface area contributed by atoms with Gasteiger partial charge < -0.3 is 10.5 Å². The summed E-state index contributed by atoms with van der Waals surface area (Å²) < 4.78 is 5.44. The number of anilines is 1. The van der Waals surface area contributed by atoms with E-state index in [9.17, 15) is 0 Å². The minimum atomic E-state index is 0.141. The molecule has 0 unspecified atom stereocenters. The van der Waals surface area contributed by atoms with Gasteiger partial charge in [-0.2, -0.15) is 0 Å². The average molecular weight is 286 g/mol. The zero-order chi connectivity index (χ0) is 14.1. The largest absolute Gasteiger partial charge is 0.496 e. The van der Waals surface area contributed by atoms with Gasteiger partial charge in [0.05, 0.1) is 18.4 Å². The van der Waals surface area contributed by atoms with Crippen molar-refractivity contribution in [2.75, 3.05) is 12.8 Å². The van der Waals surface area contributed by atoms with Crippen LogP contribution in [0.15, 0.2) is 42.5 Å². The van der Waals surface area contributed by atoms with E-state index < -0.39 is 0 Å². The van der Waals surface area contributed by atoms with Crippen molar-refractivity contribution in [2.45, 2.75) is 0 Å². The number of ether oxygens (including phenoxy) is 1. The summed E-state index contributed by atoms with van der Waals surface area (Å²) in [6.07, 6.45) is 0. The Hall–Kier alpha value is -2.33. The van der Waals surface area contributed by atoms with Crippen molar-refractivity contribution in [1.29, 1.82) is 0 Å². The Labute approximate surface area is 121 Å². The molecule has 0 amide bonds. The molecule has 0 spiro atoms. The second kappa shape index (κ2) is 4.98. The van der Waals surface area contributed by atoms with E-state index >= 15 is 0 Å². The molecule has 3 aromatic rings. The van der Waals surface area contributed by atoms with Crippen molar-refractivity contribution >= 4 is 28.3 Å². The topological polar surface area (TPSA) is 61.0 Å². The lowest BCUT2D eigenvalue weighted by molar-refractivity contribution is 0.417. The maximum Gasteiger partial charge on any atom is 0.221 e. The molecule has 0 aliphatic heterocycles. The van der Waals surface area contributed by atoms with Gasteiger partial charge in [0.15, 0.2) is 0 Å². The molecule has 3 rings (SSSR count). The van der Waals surface area contributed by atoms with Gasteiger partial charge in [-0.1, -0.05) is 41.9 Å². The highest BCUT2D eigenvalue weighted by Crippen LogP contribution is 2.36. The molecule has 0 saturated carbocycles. The van der Waals surface area contributed by atoms with E-state index in [0.717, 1.165) is 22.1 Å². The van der Waals surface area contributed by atoms with Gasteiger partial charge in [0.25, 0.3) is 0 Å². The van der Waals surface area contributed by atoms with Crippen LogP contribution in [0.2, 0.25) is 5.15 Å². The summed E-state index contributed by atoms with van der Waals surface area (Å²) in [7, 11) is 1.62. The highest BCUT2D eigenvalue weighted by atomic mass is 35.5. The van der Waals surface area contributed by atoms with Gasteiger partial charge in [0, 0.05) is 6.07 Å². The van der Waals surface area contributed by atoms with Gasteiger partial charge in [-0.3, -0.25) is 0 Å². The number of aromatic nitrogens is 2. The monoisotopic (exact) mass is 285 g/mol. The lowest BCUT2D eigenvalue weighted by Gasteiger charge is -2.12. The van der Waals surface area contributed by atoms with Gasteiger partial charge in [-0.15, -0.1) is 0 Å². The van der Waals surface area contributed by atoms with E-state index in [0.29, 0.717) is 10.8 Å². The maximum atomic E-state index is 5.97. The SMILES string of the molecule is COc1ccc2ccccc2c1-c1cc(Cl)nc(N)n1. The average Bonchev–Trinajstić information content (AvgIpc) is 2.45. The van der Waals surface area contributed by atoms with E-state index in [2.05, 4.69) is 9.97 Å². The molecule has 0 radical (unpaired) electrons. The molecule has 0 aliphatic rings. The van der Waals surface area contributed by atoms with E-state index in [1.165, 1.54) is 0 Å². The molecule has 4 nitrogen and oxygen atoms in total. The van der Waals surface area contributed by atoms with Crippen molar-refractivity contribution in [3.8, 4) is 17.0 Å². The van der Waals surface area contributed by atoms with E-state index in [-0.39, 0.29) is 5.95 Å². The lowest BCUT2D eigenvalue weighted by Crippen LogP contribution is -1.98. The van der Waals surface area contributed by atoms with Crippen LogP contribution >= 0.6 is 11.6 Å². The summed E-state index contributed by atoms with van der Waals surface area (Å²) in [5.74, 6) is 0.861. The number of rotatable bonds is 2. The second-order valence-electron chi connectivity index (χ2n) is 4.30. The Kier molecular flexibility index (Phi) is 3.16. The van der Waals surface area contributed by atoms with E-state index in [1.54, 1.807) is 13.2 Å². The number of nitrogens with zero attached hydrogens (tertiary/aromatic N) is 2. The van der Waals surface area contributed by atoms with Crippen molar-refractivity contribution in [3.05, 3.63) is 47.6 Å². The Bertz CT molecular complexity index is 769. The molecule has 2 aromatic carbocycles. The lowest BCUT2D eigenvalue weighted by atomic mass is 10.0. The first kappa shape index (κ1) is 12.7. The van der Waals surface area contributed by atoms with Crippen LogP contribution in [0.4, 0.5) is 5.95 Å². The molecule has 1 aromatic heterocycles. The molecule has 20 heavy (non-hydrogen) atoms. The van der Waals surface area contributed by atoms with Crippen LogP contribution < -0.4 is 10.5 Å². The predicted octanol–water partition coefficient (Wildman–Crippen LogP) is 3.54. The number of methoxy groups -OCH3 is 1. The Balaban J connectivity index is 2.38. The first-order valence-electron chi connectivity index (χ1n) is 6.05. The number of fused-ring (bicyclic) bond motifs is 1. The first-order chi connectivity index (χ1) is 9.69. The van der Waals surface area contributed by atoms with Crippen LogP contribution in [0.3, 0.4) is 0 Å². The van der Waals surface area contributed by atoms with Crippen molar-refractivity contribution in [3.63, 3.8) is 0 Å². The predicted molar refractivity (Wildman–Crippen MR) is 80.9 cm³/mol. The molecular weight excluding hydrogens is 274 g/mol. The summed E-state index contributed by atoms with van der Waals surface area (Å²) in [6.45, 7) is 0. The maximum absolute atomic E-state index is 5.97. The van der Waals surface area contributed by atoms with Crippen molar-refractivity contribution < 1.29 is 4.74 Å². The minimum Gasteiger partial charge on any atom is -0.496 e. The summed E-state index contributed by atoms with van der Waals surface area (Å²) in [5, 5.41) is 2.43. The van der Waals surface area contributed by atoms with Crippen LogP contribution in [0, 0.1) is 0 Å². The fraction of sp³-hybridized carbons (Fsp3) is 0.0667. The molecule has 0 saturated heterocycles. The number of benzene rings is 2. The number of nitrogen functional groups attached to an aromatic ring is 1. The van der Waals surface area contributed by atoms with E-state index in [4.69, 9.17) is 22.1 Å². The van der Waals surface area contributed by atoms with Crippen LogP contribution in [0.25, 0.3) is 22.0 Å². The third-order valence-electron chi connectivity index (χ3n) is 3.08. The van der Waals surface area contributed by atoms with Gasteiger partial charge in [0.1, 0.15) is 10.9 Å². The standard InChI is InChI=1S/C15H12ClN3O/c1-20-12-7-6-9-4-2-3-5-10(9)14(12)11-8-13(16)19-15(17)18-11/h2-8H,1H3,(H2,17,18,19). The molecule has 0 atom stereocenters. The molecule has 0 fully saturated rings. The first-order valence-corrected chi connectivity index (χ1v) is 6.43. The number of halogens is 1. The molecule has 5 heteroatoms. The van der Waals surface area contributed by atoms with Gasteiger partial charge in [-0.05, 0) is 16.8 Å². The second-order valence-corrected chi connectivity index (χ2v) is 4.69. The molecule has 2 N–H and O–H groups in total. The smallest absolute Gasteiger partial charge is 0.221 e. The minimum absolute atomic E-state index is 0.141. The van der Waals surface area contributed by atoms with Crippen LogP contribution in [-0.2, 0) is 0 Å². The van der Waals surface area contributed by atoms with Gasteiger partial charge >= 0.3 is 0 Å². The summed E-state index contributed by atoms with van der Waals surface area (Å²) >= 11 is 5.97. The zero-order valence-electron chi connectivity index (χ0n) is 10.8. The fourth-order valence-corrected chi connectivity index (χ4v) is 2.44. The highest BCUT2D eigenvalue weighted by molar-refractivity contribution is 6.29. The molecule has 1 heterocycles. The Morgan fingerprint density at radius 1 is 1.10 bits per heavy atom. The fourth-order valence-electron chi connectivity index (χ4n) is 2.25. The van der Waals surface area contributed by atoms with Crippen molar-refractivity contribution in [1.82, 2.24) is 9.97 Å². The normalized spacial score (nSPS) is 10.7. The van der Waals surface area contributed by atoms with Crippen LogP contribution in [0.1, 0.15) is 0 Å². The summed E-state index contributed by atoms with van der Waals surface area (Å²) in [5.41, 5.74) is 7.20. The number of hydrogen-bond acceptors (Lipinski definition) is 4. The quantitative estimate of drug-likeness (QED) is 0.732. The van der Waals surface area contributed by atoms with Crippen LogP contribution in [0.5, 0.6) is 5.75 Å². The molecule has 0 aliphatic carbocycles. The molecule has 0 bridgehead atoms. The third kappa shape index (κ3) is 2.14. The summed E-state index contributed by atoms with van der Waals surface area (Å²) in [4.78, 5) is 8.15. The number of hydrogen-bond donors (Lipinski definition) is 1.